The molecule has 0 radical (unpaired) electrons. The molecular weight excluding hydrogens is 410 g/mol. The Morgan fingerprint density at radius 2 is 1.26 bits per heavy atom. The number of nitrogens with zero attached hydrogens (tertiary/aromatic N) is 1. The Balaban J connectivity index is 1.57. The van der Waals surface area contributed by atoms with Gasteiger partial charge in [-0.05, 0) is 116 Å². The number of aromatic nitrogens is 1. The maximum Gasteiger partial charge on any atom is 0.213 e. The van der Waals surface area contributed by atoms with Gasteiger partial charge >= 0.3 is 0 Å². The van der Waals surface area contributed by atoms with Gasteiger partial charge in [0, 0.05) is 25.0 Å². The lowest BCUT2D eigenvalue weighted by Crippen LogP contribution is -2.68. The van der Waals surface area contributed by atoms with Gasteiger partial charge in [0.25, 0.3) is 0 Å². The molecule has 1 aromatic carbocycles. The first kappa shape index (κ1) is 21.6. The molecule has 1 nitrogen and oxygen atoms in total. The van der Waals surface area contributed by atoms with Crippen LogP contribution in [-0.2, 0) is 21.8 Å². The number of hydrogen-bond donors (Lipinski definition) is 0. The maximum absolute atomic E-state index is 2.79. The third-order valence-corrected chi connectivity index (χ3v) is 12.7. The Morgan fingerprint density at radius 1 is 0.706 bits per heavy atom. The minimum Gasteiger partial charge on any atom is -0.192 e. The van der Waals surface area contributed by atoms with Crippen LogP contribution in [0.15, 0.2) is 24.4 Å². The van der Waals surface area contributed by atoms with Gasteiger partial charge in [-0.3, -0.25) is 0 Å². The van der Waals surface area contributed by atoms with Gasteiger partial charge in [0.1, 0.15) is 0 Å². The fourth-order valence-electron chi connectivity index (χ4n) is 9.46. The highest BCUT2D eigenvalue weighted by molar-refractivity contribution is 5.70. The van der Waals surface area contributed by atoms with Crippen molar-refractivity contribution in [2.24, 2.45) is 0 Å². The quantitative estimate of drug-likeness (QED) is 0.402. The molecule has 0 amide bonds. The van der Waals surface area contributed by atoms with Crippen LogP contribution in [0.2, 0.25) is 0 Å². The van der Waals surface area contributed by atoms with E-state index in [1.807, 2.05) is 0 Å². The lowest BCUT2D eigenvalue weighted by molar-refractivity contribution is -0.765. The van der Waals surface area contributed by atoms with Crippen molar-refractivity contribution in [1.29, 1.82) is 0 Å². The number of hydrogen-bond acceptors (Lipinski definition) is 0. The summed E-state index contributed by atoms with van der Waals surface area (Å²) in [6, 6.07) is 8.14. The van der Waals surface area contributed by atoms with Crippen LogP contribution < -0.4 is 4.57 Å². The first-order valence-corrected chi connectivity index (χ1v) is 14.5. The predicted molar refractivity (Wildman–Crippen MR) is 141 cm³/mol. The number of pyridine rings is 1. The molecule has 6 aliphatic carbocycles. The topological polar surface area (TPSA) is 3.88 Å². The molecule has 2 atom stereocenters. The van der Waals surface area contributed by atoms with Crippen LogP contribution in [0.5, 0.6) is 0 Å². The van der Waals surface area contributed by atoms with Gasteiger partial charge in [0.05, 0.1) is 11.0 Å². The average Bonchev–Trinajstić information content (AvgIpc) is 2.88. The molecule has 9 rings (SSSR count). The standard InChI is InChI=1S/C33H44N/c1-7-32(5)26-19-28-27(30(3)13-15-31(28,4)16-14-30)17-24(26)29-18-23-21-9-11-22(12-10-21)25(23)20-34(29)33(32,6)8-2/h17-22H,7-16H2,1-6H3/q+1. The molecule has 2 saturated carbocycles. The molecule has 0 saturated heterocycles. The summed E-state index contributed by atoms with van der Waals surface area (Å²) in [5, 5.41) is 0. The molecule has 34 heavy (non-hydrogen) atoms. The SMILES string of the molecule is CCC1(C)c2cc3c(cc2-c2cc4c(c[n+]2C1(C)CC)C1CCC4CC1)C1(C)CCC3(C)CC1. The Morgan fingerprint density at radius 3 is 1.82 bits per heavy atom. The molecule has 1 aliphatic heterocycles. The van der Waals surface area contributed by atoms with E-state index in [0.717, 1.165) is 11.8 Å². The summed E-state index contributed by atoms with van der Waals surface area (Å²) >= 11 is 0. The van der Waals surface area contributed by atoms with Crippen molar-refractivity contribution in [2.75, 3.05) is 0 Å². The van der Waals surface area contributed by atoms with Crippen molar-refractivity contribution in [3.63, 3.8) is 0 Å². The zero-order chi connectivity index (χ0) is 23.7. The van der Waals surface area contributed by atoms with E-state index >= 15 is 0 Å². The second-order valence-electron chi connectivity index (χ2n) is 13.9. The highest BCUT2D eigenvalue weighted by Crippen LogP contribution is 2.60. The summed E-state index contributed by atoms with van der Waals surface area (Å²) in [5.41, 5.74) is 12.5. The minimum absolute atomic E-state index is 0.0997. The van der Waals surface area contributed by atoms with Gasteiger partial charge in [0.15, 0.2) is 11.7 Å². The molecule has 1 aromatic heterocycles. The highest BCUT2D eigenvalue weighted by Gasteiger charge is 2.58. The number of rotatable bonds is 2. The van der Waals surface area contributed by atoms with Gasteiger partial charge in [-0.2, -0.15) is 4.57 Å². The van der Waals surface area contributed by atoms with E-state index in [0.29, 0.717) is 10.8 Å². The van der Waals surface area contributed by atoms with Gasteiger partial charge in [-0.15, -0.1) is 0 Å². The third-order valence-electron chi connectivity index (χ3n) is 12.7. The molecule has 1 heteroatoms. The largest absolute Gasteiger partial charge is 0.213 e. The summed E-state index contributed by atoms with van der Waals surface area (Å²) < 4.78 is 2.79. The van der Waals surface area contributed by atoms with E-state index in [9.17, 15) is 0 Å². The van der Waals surface area contributed by atoms with E-state index in [-0.39, 0.29) is 11.0 Å². The normalized spacial score (nSPS) is 41.0. The average molecular weight is 455 g/mol. The van der Waals surface area contributed by atoms with Crippen molar-refractivity contribution in [3.05, 3.63) is 52.2 Å². The first-order valence-electron chi connectivity index (χ1n) is 14.5. The Hall–Kier alpha value is -1.63. The van der Waals surface area contributed by atoms with E-state index < -0.39 is 0 Å². The second kappa shape index (κ2) is 6.57. The zero-order valence-corrected chi connectivity index (χ0v) is 22.5. The second-order valence-corrected chi connectivity index (χ2v) is 13.9. The van der Waals surface area contributed by atoms with E-state index in [4.69, 9.17) is 0 Å². The lowest BCUT2D eigenvalue weighted by atomic mass is 9.51. The molecule has 2 fully saturated rings. The van der Waals surface area contributed by atoms with Crippen LogP contribution in [0, 0.1) is 0 Å². The van der Waals surface area contributed by atoms with E-state index in [2.05, 4.69) is 70.5 Å². The molecule has 7 aliphatic rings. The maximum atomic E-state index is 2.79. The fourth-order valence-corrected chi connectivity index (χ4v) is 9.46. The molecule has 2 unspecified atom stereocenters. The summed E-state index contributed by atoms with van der Waals surface area (Å²) in [5.74, 6) is 1.60. The Bertz CT molecular complexity index is 1200. The summed E-state index contributed by atoms with van der Waals surface area (Å²) in [7, 11) is 0. The lowest BCUT2D eigenvalue weighted by Gasteiger charge is -2.54. The van der Waals surface area contributed by atoms with Crippen molar-refractivity contribution in [1.82, 2.24) is 0 Å². The molecule has 0 spiro atoms. The highest BCUT2D eigenvalue weighted by atomic mass is 15.1. The number of fused-ring (bicyclic) bond motifs is 7. The molecule has 0 N–H and O–H groups in total. The Labute approximate surface area is 207 Å². The van der Waals surface area contributed by atoms with Crippen molar-refractivity contribution in [2.45, 2.75) is 139 Å². The van der Waals surface area contributed by atoms with Crippen LogP contribution in [0.4, 0.5) is 0 Å². The molecule has 2 heterocycles. The zero-order valence-electron chi connectivity index (χ0n) is 22.5. The van der Waals surface area contributed by atoms with Crippen LogP contribution in [-0.4, -0.2) is 0 Å². The third kappa shape index (κ3) is 2.36. The monoisotopic (exact) mass is 454 g/mol. The molecule has 2 aromatic rings. The van der Waals surface area contributed by atoms with E-state index in [1.54, 1.807) is 33.4 Å². The van der Waals surface area contributed by atoms with Crippen LogP contribution in [0.25, 0.3) is 11.3 Å². The molecule has 4 bridgehead atoms. The summed E-state index contributed by atoms with van der Waals surface area (Å²) in [6.07, 6.45) is 16.1. The summed E-state index contributed by atoms with van der Waals surface area (Å²) in [4.78, 5) is 0. The smallest absolute Gasteiger partial charge is 0.192 e. The minimum atomic E-state index is 0.0997. The fraction of sp³-hybridized carbons (Fsp3) is 0.667. The molecule has 180 valence electrons. The van der Waals surface area contributed by atoms with Crippen LogP contribution in [0.1, 0.15) is 145 Å². The molecular formula is C33H44N+. The van der Waals surface area contributed by atoms with E-state index in [1.165, 1.54) is 69.9 Å². The predicted octanol–water partition coefficient (Wildman–Crippen LogP) is 8.31. The van der Waals surface area contributed by atoms with Crippen molar-refractivity contribution >= 4 is 0 Å². The van der Waals surface area contributed by atoms with Crippen molar-refractivity contribution in [3.8, 4) is 11.3 Å². The van der Waals surface area contributed by atoms with Gasteiger partial charge < -0.3 is 0 Å². The summed E-state index contributed by atoms with van der Waals surface area (Å²) in [6.45, 7) is 15.2. The van der Waals surface area contributed by atoms with Gasteiger partial charge in [-0.25, -0.2) is 0 Å². The first-order chi connectivity index (χ1) is 16.2. The van der Waals surface area contributed by atoms with Crippen LogP contribution >= 0.6 is 0 Å². The Kier molecular flexibility index (Phi) is 4.18. The van der Waals surface area contributed by atoms with Gasteiger partial charge in [-0.1, -0.05) is 33.8 Å². The van der Waals surface area contributed by atoms with Crippen molar-refractivity contribution < 1.29 is 4.57 Å². The number of benzene rings is 1. The van der Waals surface area contributed by atoms with Gasteiger partial charge in [0.2, 0.25) is 5.69 Å². The van der Waals surface area contributed by atoms with Crippen LogP contribution in [0.3, 0.4) is 0 Å².